The van der Waals surface area contributed by atoms with Crippen LogP contribution in [-0.4, -0.2) is 33.3 Å². The van der Waals surface area contributed by atoms with E-state index in [1.54, 1.807) is 18.2 Å². The average Bonchev–Trinajstić information content (AvgIpc) is 2.92. The van der Waals surface area contributed by atoms with Crippen LogP contribution in [0.4, 0.5) is 0 Å². The number of amides is 1. The van der Waals surface area contributed by atoms with E-state index in [9.17, 15) is 13.2 Å². The summed E-state index contributed by atoms with van der Waals surface area (Å²) in [5.41, 5.74) is 1.68. The maximum absolute atomic E-state index is 12.1. The average molecular weight is 371 g/mol. The number of carbonyl (C=O) groups excluding carboxylic acids is 1. The van der Waals surface area contributed by atoms with Crippen LogP contribution in [0.25, 0.3) is 0 Å². The fourth-order valence-electron chi connectivity index (χ4n) is 2.92. The molecule has 0 saturated carbocycles. The van der Waals surface area contributed by atoms with Crippen molar-refractivity contribution in [1.29, 1.82) is 0 Å². The van der Waals surface area contributed by atoms with Gasteiger partial charge in [0, 0.05) is 18.0 Å². The molecule has 0 saturated heterocycles. The zero-order valence-corrected chi connectivity index (χ0v) is 15.3. The second-order valence-corrected chi connectivity index (χ2v) is 7.74. The molecule has 26 heavy (non-hydrogen) atoms. The molecular weight excluding hydrogens is 350 g/mol. The molecule has 136 valence electrons. The van der Waals surface area contributed by atoms with Crippen molar-refractivity contribution in [2.24, 2.45) is 4.99 Å². The minimum absolute atomic E-state index is 0.128. The monoisotopic (exact) mass is 371 g/mol. The topological polar surface area (TPSA) is 87.6 Å². The lowest BCUT2D eigenvalue weighted by Gasteiger charge is -2.15. The summed E-state index contributed by atoms with van der Waals surface area (Å²) >= 11 is 0. The first-order valence-corrected chi connectivity index (χ1v) is 9.98. The highest BCUT2D eigenvalue weighted by Crippen LogP contribution is 2.22. The zero-order valence-electron chi connectivity index (χ0n) is 14.5. The van der Waals surface area contributed by atoms with Gasteiger partial charge in [-0.05, 0) is 24.1 Å². The summed E-state index contributed by atoms with van der Waals surface area (Å²) in [6.45, 7) is 2.47. The number of hydrogen-bond donors (Lipinski definition) is 2. The second-order valence-electron chi connectivity index (χ2n) is 6.09. The van der Waals surface area contributed by atoms with Crippen LogP contribution in [0.15, 0.2) is 64.5 Å². The molecule has 1 amide bonds. The summed E-state index contributed by atoms with van der Waals surface area (Å²) < 4.78 is 26.4. The van der Waals surface area contributed by atoms with Crippen LogP contribution < -0.4 is 10.0 Å². The van der Waals surface area contributed by atoms with Crippen molar-refractivity contribution >= 4 is 21.8 Å². The first-order valence-electron chi connectivity index (χ1n) is 8.49. The number of rotatable bonds is 6. The van der Waals surface area contributed by atoms with E-state index < -0.39 is 10.0 Å². The Morgan fingerprint density at radius 1 is 1.12 bits per heavy atom. The maximum atomic E-state index is 12.1. The number of fused-ring (bicyclic) bond motifs is 1. The van der Waals surface area contributed by atoms with Crippen molar-refractivity contribution in [2.45, 2.75) is 24.2 Å². The summed E-state index contributed by atoms with van der Waals surface area (Å²) in [7, 11) is -3.58. The Kier molecular flexibility index (Phi) is 5.37. The van der Waals surface area contributed by atoms with E-state index in [0.29, 0.717) is 12.1 Å². The number of nitrogens with zero attached hydrogens (tertiary/aromatic N) is 1. The Balaban J connectivity index is 1.62. The van der Waals surface area contributed by atoms with E-state index in [-0.39, 0.29) is 29.1 Å². The van der Waals surface area contributed by atoms with Gasteiger partial charge in [-0.1, -0.05) is 49.4 Å². The molecule has 1 heterocycles. The van der Waals surface area contributed by atoms with E-state index in [1.807, 2.05) is 30.3 Å². The molecule has 2 aromatic rings. The van der Waals surface area contributed by atoms with E-state index in [1.165, 1.54) is 11.6 Å². The second kappa shape index (κ2) is 7.70. The zero-order chi connectivity index (χ0) is 18.6. The Hall–Kier alpha value is -2.67. The molecule has 0 aromatic heterocycles. The van der Waals surface area contributed by atoms with Crippen molar-refractivity contribution in [3.8, 4) is 0 Å². The molecule has 7 heteroatoms. The molecule has 0 spiro atoms. The maximum Gasteiger partial charge on any atom is 0.263 e. The molecule has 3 rings (SSSR count). The van der Waals surface area contributed by atoms with Crippen LogP contribution in [0.3, 0.4) is 0 Å². The van der Waals surface area contributed by atoms with E-state index in [4.69, 9.17) is 0 Å². The molecule has 1 unspecified atom stereocenters. The minimum atomic E-state index is -3.58. The van der Waals surface area contributed by atoms with Crippen LogP contribution >= 0.6 is 0 Å². The molecule has 0 bridgehead atoms. The van der Waals surface area contributed by atoms with Crippen LogP contribution in [0, 0.1) is 0 Å². The molecule has 6 nitrogen and oxygen atoms in total. The van der Waals surface area contributed by atoms with Gasteiger partial charge in [0.15, 0.2) is 0 Å². The van der Waals surface area contributed by atoms with Crippen molar-refractivity contribution in [3.05, 3.63) is 65.7 Å². The number of aliphatic imine (C=N–C) groups is 1. The summed E-state index contributed by atoms with van der Waals surface area (Å²) in [6, 6.07) is 16.6. The molecular formula is C19H21N3O3S. The van der Waals surface area contributed by atoms with Gasteiger partial charge >= 0.3 is 0 Å². The number of carbonyl (C=O) groups is 1. The fraction of sp³-hybridized carbons (Fsp3) is 0.263. The van der Waals surface area contributed by atoms with Gasteiger partial charge in [-0.3, -0.25) is 14.5 Å². The third-order valence-electron chi connectivity index (χ3n) is 4.35. The van der Waals surface area contributed by atoms with E-state index >= 15 is 0 Å². The fourth-order valence-corrected chi connectivity index (χ4v) is 4.17. The largest absolute Gasteiger partial charge is 0.354 e. The molecule has 1 aliphatic rings. The molecule has 0 fully saturated rings. The Bertz CT molecular complexity index is 924. The van der Waals surface area contributed by atoms with Gasteiger partial charge in [0.25, 0.3) is 10.0 Å². The number of amidine groups is 1. The van der Waals surface area contributed by atoms with Crippen LogP contribution in [0.2, 0.25) is 0 Å². The van der Waals surface area contributed by atoms with Crippen molar-refractivity contribution in [3.63, 3.8) is 0 Å². The van der Waals surface area contributed by atoms with Crippen LogP contribution in [0.5, 0.6) is 0 Å². The number of benzene rings is 2. The molecule has 2 aromatic carbocycles. The minimum Gasteiger partial charge on any atom is -0.354 e. The smallest absolute Gasteiger partial charge is 0.263 e. The van der Waals surface area contributed by atoms with Gasteiger partial charge in [-0.2, -0.15) is 0 Å². The SMILES string of the molecule is CCC(CNC(=O)CN=C1NS(=O)(=O)c2ccccc21)c1ccccc1. The van der Waals surface area contributed by atoms with Crippen LogP contribution in [0.1, 0.15) is 30.4 Å². The predicted molar refractivity (Wildman–Crippen MR) is 101 cm³/mol. The third kappa shape index (κ3) is 3.94. The van der Waals surface area contributed by atoms with E-state index in [0.717, 1.165) is 6.42 Å². The van der Waals surface area contributed by atoms with Gasteiger partial charge in [0.2, 0.25) is 5.91 Å². The molecule has 0 aliphatic carbocycles. The summed E-state index contributed by atoms with van der Waals surface area (Å²) in [4.78, 5) is 16.5. The highest BCUT2D eigenvalue weighted by atomic mass is 32.2. The van der Waals surface area contributed by atoms with Gasteiger partial charge in [0.05, 0.1) is 4.90 Å². The molecule has 1 aliphatic heterocycles. The van der Waals surface area contributed by atoms with Gasteiger partial charge < -0.3 is 5.32 Å². The quantitative estimate of drug-likeness (QED) is 0.814. The van der Waals surface area contributed by atoms with Crippen molar-refractivity contribution in [2.75, 3.05) is 13.1 Å². The Morgan fingerprint density at radius 2 is 1.81 bits per heavy atom. The van der Waals surface area contributed by atoms with Crippen molar-refractivity contribution < 1.29 is 13.2 Å². The highest BCUT2D eigenvalue weighted by Gasteiger charge is 2.30. The summed E-state index contributed by atoms with van der Waals surface area (Å²) in [6.07, 6.45) is 0.909. The lowest BCUT2D eigenvalue weighted by molar-refractivity contribution is -0.119. The first kappa shape index (κ1) is 18.1. The first-order chi connectivity index (χ1) is 12.5. The standard InChI is InChI=1S/C19H21N3O3S/c1-2-14(15-8-4-3-5-9-15)12-20-18(23)13-21-19-16-10-6-7-11-17(16)26(24,25)22-19/h3-11,14H,2,12-13H2,1H3,(H,20,23)(H,21,22). The van der Waals surface area contributed by atoms with Crippen molar-refractivity contribution in [1.82, 2.24) is 10.0 Å². The Morgan fingerprint density at radius 3 is 2.54 bits per heavy atom. The molecule has 2 N–H and O–H groups in total. The van der Waals surface area contributed by atoms with Gasteiger partial charge in [0.1, 0.15) is 12.4 Å². The predicted octanol–water partition coefficient (Wildman–Crippen LogP) is 2.04. The normalized spacial score (nSPS) is 17.3. The van der Waals surface area contributed by atoms with Gasteiger partial charge in [-0.15, -0.1) is 0 Å². The Labute approximate surface area is 153 Å². The molecule has 1 atom stereocenters. The lowest BCUT2D eigenvalue weighted by atomic mass is 9.96. The van der Waals surface area contributed by atoms with Gasteiger partial charge in [-0.25, -0.2) is 8.42 Å². The summed E-state index contributed by atoms with van der Waals surface area (Å²) in [5, 5.41) is 2.88. The number of nitrogens with one attached hydrogen (secondary N) is 2. The van der Waals surface area contributed by atoms with E-state index in [2.05, 4.69) is 22.0 Å². The van der Waals surface area contributed by atoms with Crippen LogP contribution in [-0.2, 0) is 14.8 Å². The number of sulfonamides is 1. The lowest BCUT2D eigenvalue weighted by Crippen LogP contribution is -2.31. The third-order valence-corrected chi connectivity index (χ3v) is 5.75. The highest BCUT2D eigenvalue weighted by molar-refractivity contribution is 7.90. The molecule has 0 radical (unpaired) electrons. The summed E-state index contributed by atoms with van der Waals surface area (Å²) in [5.74, 6) is 0.208. The number of hydrogen-bond acceptors (Lipinski definition) is 4.